The van der Waals surface area contributed by atoms with Gasteiger partial charge < -0.3 is 5.73 Å². The number of aryl methyl sites for hydroxylation is 1. The SMILES string of the molecule is Cc1nc(N)sc1S(=O)(=O)N1CC(C)CCC1C. The number of sulfonamides is 1. The van der Waals surface area contributed by atoms with E-state index in [1.54, 1.807) is 11.2 Å². The second-order valence-corrected chi connectivity index (χ2v) is 8.15. The Morgan fingerprint density at radius 3 is 2.61 bits per heavy atom. The Morgan fingerprint density at radius 2 is 2.06 bits per heavy atom. The fourth-order valence-corrected chi connectivity index (χ4v) is 5.52. The van der Waals surface area contributed by atoms with Crippen molar-refractivity contribution >= 4 is 26.5 Å². The van der Waals surface area contributed by atoms with Crippen molar-refractivity contribution in [1.29, 1.82) is 0 Å². The molecule has 0 bridgehead atoms. The van der Waals surface area contributed by atoms with Crippen molar-refractivity contribution in [3.8, 4) is 0 Å². The molecule has 0 radical (unpaired) electrons. The van der Waals surface area contributed by atoms with Crippen LogP contribution in [-0.4, -0.2) is 30.3 Å². The van der Waals surface area contributed by atoms with Crippen LogP contribution in [0.5, 0.6) is 0 Å². The number of hydrogen-bond acceptors (Lipinski definition) is 5. The van der Waals surface area contributed by atoms with E-state index in [2.05, 4.69) is 11.9 Å². The highest BCUT2D eigenvalue weighted by Crippen LogP contribution is 2.32. The van der Waals surface area contributed by atoms with E-state index in [-0.39, 0.29) is 6.04 Å². The van der Waals surface area contributed by atoms with Crippen molar-refractivity contribution in [2.45, 2.75) is 43.9 Å². The molecule has 2 heterocycles. The van der Waals surface area contributed by atoms with Gasteiger partial charge in [0.1, 0.15) is 0 Å². The van der Waals surface area contributed by atoms with E-state index >= 15 is 0 Å². The Labute approximate surface area is 112 Å². The summed E-state index contributed by atoms with van der Waals surface area (Å²) < 4.78 is 27.1. The molecule has 2 unspecified atom stereocenters. The van der Waals surface area contributed by atoms with Crippen molar-refractivity contribution in [2.24, 2.45) is 5.92 Å². The molecule has 0 amide bonds. The summed E-state index contributed by atoms with van der Waals surface area (Å²) in [6.45, 7) is 6.32. The fraction of sp³-hybridized carbons (Fsp3) is 0.727. The topological polar surface area (TPSA) is 76.3 Å². The highest BCUT2D eigenvalue weighted by molar-refractivity contribution is 7.91. The van der Waals surface area contributed by atoms with Gasteiger partial charge in [-0.3, -0.25) is 0 Å². The van der Waals surface area contributed by atoms with Gasteiger partial charge in [-0.25, -0.2) is 13.4 Å². The number of nitrogens with zero attached hydrogens (tertiary/aromatic N) is 2. The molecule has 1 aromatic rings. The summed E-state index contributed by atoms with van der Waals surface area (Å²) in [5, 5.41) is 0.309. The zero-order chi connectivity index (χ0) is 13.5. The van der Waals surface area contributed by atoms with Gasteiger partial charge in [0.05, 0.1) is 5.69 Å². The molecular weight excluding hydrogens is 270 g/mol. The molecule has 102 valence electrons. The number of hydrogen-bond donors (Lipinski definition) is 1. The van der Waals surface area contributed by atoms with Crippen molar-refractivity contribution in [2.75, 3.05) is 12.3 Å². The van der Waals surface area contributed by atoms with Crippen LogP contribution in [0.4, 0.5) is 5.13 Å². The standard InChI is InChI=1S/C11H19N3O2S2/c1-7-4-5-8(2)14(6-7)18(15,16)10-9(3)13-11(12)17-10/h7-8H,4-6H2,1-3H3,(H2,12,13). The molecule has 2 atom stereocenters. The number of thiazole rings is 1. The van der Waals surface area contributed by atoms with Crippen LogP contribution in [0.1, 0.15) is 32.4 Å². The average Bonchev–Trinajstić information content (AvgIpc) is 2.62. The lowest BCUT2D eigenvalue weighted by atomic mass is 9.97. The molecule has 2 N–H and O–H groups in total. The lowest BCUT2D eigenvalue weighted by Crippen LogP contribution is -2.44. The second-order valence-electron chi connectivity index (χ2n) is 5.03. The Hall–Kier alpha value is -0.660. The number of aromatic nitrogens is 1. The molecule has 1 aliphatic heterocycles. The zero-order valence-electron chi connectivity index (χ0n) is 10.9. The van der Waals surface area contributed by atoms with E-state index in [4.69, 9.17) is 5.73 Å². The number of nitrogen functional groups attached to an aromatic ring is 1. The van der Waals surface area contributed by atoms with Gasteiger partial charge in [-0.15, -0.1) is 0 Å². The molecular formula is C11H19N3O2S2. The summed E-state index contributed by atoms with van der Waals surface area (Å²) in [7, 11) is -3.44. The third kappa shape index (κ3) is 2.39. The lowest BCUT2D eigenvalue weighted by Gasteiger charge is -2.35. The smallest absolute Gasteiger partial charge is 0.254 e. The van der Waals surface area contributed by atoms with E-state index in [0.717, 1.165) is 24.2 Å². The van der Waals surface area contributed by atoms with Crippen molar-refractivity contribution < 1.29 is 8.42 Å². The van der Waals surface area contributed by atoms with E-state index in [1.165, 1.54) is 0 Å². The first-order valence-corrected chi connectivity index (χ1v) is 8.32. The van der Waals surface area contributed by atoms with Gasteiger partial charge in [0.2, 0.25) is 0 Å². The van der Waals surface area contributed by atoms with E-state index < -0.39 is 10.0 Å². The Kier molecular flexibility index (Phi) is 3.66. The van der Waals surface area contributed by atoms with E-state index in [9.17, 15) is 8.42 Å². The van der Waals surface area contributed by atoms with Gasteiger partial charge in [0, 0.05) is 12.6 Å². The quantitative estimate of drug-likeness (QED) is 0.901. The number of nitrogens with two attached hydrogens (primary N) is 1. The van der Waals surface area contributed by atoms with Gasteiger partial charge in [-0.1, -0.05) is 18.3 Å². The zero-order valence-corrected chi connectivity index (χ0v) is 12.5. The molecule has 5 nitrogen and oxygen atoms in total. The third-order valence-corrected chi connectivity index (χ3v) is 6.93. The molecule has 1 aliphatic rings. The first-order chi connectivity index (χ1) is 8.32. The summed E-state index contributed by atoms with van der Waals surface area (Å²) in [5.74, 6) is 0.404. The molecule has 1 saturated heterocycles. The number of piperidine rings is 1. The summed E-state index contributed by atoms with van der Waals surface area (Å²) in [6, 6.07) is 0.0499. The lowest BCUT2D eigenvalue weighted by molar-refractivity contribution is 0.218. The van der Waals surface area contributed by atoms with Gasteiger partial charge in [-0.05, 0) is 32.6 Å². The minimum atomic E-state index is -3.44. The first kappa shape index (κ1) is 13.8. The second kappa shape index (κ2) is 4.79. The molecule has 0 saturated carbocycles. The maximum atomic E-state index is 12.6. The van der Waals surface area contributed by atoms with Gasteiger partial charge in [-0.2, -0.15) is 4.31 Å². The molecule has 7 heteroatoms. The highest BCUT2D eigenvalue weighted by Gasteiger charge is 2.35. The van der Waals surface area contributed by atoms with Crippen LogP contribution in [0, 0.1) is 12.8 Å². The van der Waals surface area contributed by atoms with Crippen LogP contribution >= 0.6 is 11.3 Å². The van der Waals surface area contributed by atoms with Crippen LogP contribution in [0.2, 0.25) is 0 Å². The Morgan fingerprint density at radius 1 is 1.39 bits per heavy atom. The summed E-state index contributed by atoms with van der Waals surface area (Å²) in [4.78, 5) is 4.01. The van der Waals surface area contributed by atoms with Gasteiger partial charge >= 0.3 is 0 Å². The minimum Gasteiger partial charge on any atom is -0.375 e. The van der Waals surface area contributed by atoms with Crippen LogP contribution in [0.15, 0.2) is 4.21 Å². The minimum absolute atomic E-state index is 0.0499. The summed E-state index contributed by atoms with van der Waals surface area (Å²) in [6.07, 6.45) is 1.99. The molecule has 0 spiro atoms. The molecule has 1 aromatic heterocycles. The monoisotopic (exact) mass is 289 g/mol. The number of anilines is 1. The molecule has 18 heavy (non-hydrogen) atoms. The maximum Gasteiger partial charge on any atom is 0.254 e. The largest absolute Gasteiger partial charge is 0.375 e. The van der Waals surface area contributed by atoms with Crippen LogP contribution < -0.4 is 5.73 Å². The van der Waals surface area contributed by atoms with E-state index in [1.807, 2.05) is 6.92 Å². The summed E-state index contributed by atoms with van der Waals surface area (Å²) in [5.41, 5.74) is 6.09. The first-order valence-electron chi connectivity index (χ1n) is 6.07. The van der Waals surface area contributed by atoms with Crippen LogP contribution in [-0.2, 0) is 10.0 Å². The predicted molar refractivity (Wildman–Crippen MR) is 73.0 cm³/mol. The molecule has 0 aliphatic carbocycles. The molecule has 0 aromatic carbocycles. The fourth-order valence-electron chi connectivity index (χ4n) is 2.33. The van der Waals surface area contributed by atoms with Crippen LogP contribution in [0.25, 0.3) is 0 Å². The third-order valence-electron chi connectivity index (χ3n) is 3.37. The molecule has 2 rings (SSSR count). The number of rotatable bonds is 2. The van der Waals surface area contributed by atoms with Gasteiger partial charge in [0.25, 0.3) is 10.0 Å². The van der Waals surface area contributed by atoms with Crippen LogP contribution in [0.3, 0.4) is 0 Å². The van der Waals surface area contributed by atoms with Gasteiger partial charge in [0.15, 0.2) is 9.34 Å². The predicted octanol–water partition coefficient (Wildman–Crippen LogP) is 1.84. The van der Waals surface area contributed by atoms with E-state index in [0.29, 0.717) is 27.5 Å². The normalized spacial score (nSPS) is 26.4. The Balaban J connectivity index is 2.38. The molecule has 1 fully saturated rings. The van der Waals surface area contributed by atoms with Crippen molar-refractivity contribution in [1.82, 2.24) is 9.29 Å². The summed E-state index contributed by atoms with van der Waals surface area (Å²) >= 11 is 1.06. The highest BCUT2D eigenvalue weighted by atomic mass is 32.2. The van der Waals surface area contributed by atoms with Crippen molar-refractivity contribution in [3.05, 3.63) is 5.69 Å². The van der Waals surface area contributed by atoms with Crippen molar-refractivity contribution in [3.63, 3.8) is 0 Å². The average molecular weight is 289 g/mol. The maximum absolute atomic E-state index is 12.6. The Bertz CT molecular complexity index is 538.